The third-order valence-corrected chi connectivity index (χ3v) is 6.06. The number of hydrogen-bond donors (Lipinski definition) is 0. The van der Waals surface area contributed by atoms with Crippen LogP contribution in [0.1, 0.15) is 22.7 Å². The van der Waals surface area contributed by atoms with E-state index >= 15 is 0 Å². The Morgan fingerprint density at radius 3 is 2.32 bits per heavy atom. The number of benzene rings is 3. The zero-order valence-corrected chi connectivity index (χ0v) is 19.0. The molecule has 3 aromatic rings. The van der Waals surface area contributed by atoms with Gasteiger partial charge in [-0.25, -0.2) is 8.78 Å². The smallest absolute Gasteiger partial charge is 0.406 e. The Hall–Kier alpha value is -2.84. The molecular weight excluding hydrogens is 475 g/mol. The van der Waals surface area contributed by atoms with Crippen LogP contribution in [0.4, 0.5) is 27.6 Å². The highest BCUT2D eigenvalue weighted by molar-refractivity contribution is 6.30. The van der Waals surface area contributed by atoms with E-state index in [1.165, 1.54) is 18.2 Å². The van der Waals surface area contributed by atoms with Gasteiger partial charge in [-0.3, -0.25) is 4.90 Å². The van der Waals surface area contributed by atoms with Gasteiger partial charge >= 0.3 is 6.36 Å². The van der Waals surface area contributed by atoms with Crippen molar-refractivity contribution in [1.82, 2.24) is 4.90 Å². The van der Waals surface area contributed by atoms with Crippen LogP contribution < -0.4 is 9.64 Å². The Bertz CT molecular complexity index is 1150. The maximum Gasteiger partial charge on any atom is 0.573 e. The maximum absolute atomic E-state index is 13.7. The van der Waals surface area contributed by atoms with Gasteiger partial charge in [-0.1, -0.05) is 29.8 Å². The molecule has 0 aromatic heterocycles. The number of rotatable bonds is 5. The molecule has 1 heterocycles. The van der Waals surface area contributed by atoms with Crippen molar-refractivity contribution in [2.24, 2.45) is 0 Å². The van der Waals surface area contributed by atoms with Gasteiger partial charge in [0.05, 0.1) is 6.04 Å². The van der Waals surface area contributed by atoms with Gasteiger partial charge in [0.15, 0.2) is 11.6 Å². The van der Waals surface area contributed by atoms with Gasteiger partial charge in [0, 0.05) is 36.9 Å². The van der Waals surface area contributed by atoms with Crippen molar-refractivity contribution >= 4 is 17.3 Å². The molecule has 3 nitrogen and oxygen atoms in total. The van der Waals surface area contributed by atoms with E-state index in [4.69, 9.17) is 11.6 Å². The number of aryl methyl sites for hydroxylation is 1. The molecule has 0 radical (unpaired) electrons. The highest BCUT2D eigenvalue weighted by Gasteiger charge is 2.32. The minimum atomic E-state index is -4.76. The SMILES string of the molecule is Cc1cc(Cl)ccc1N1CCN(Cc2ccc(F)c(F)c2)CC1c1ccc(OC(F)(F)F)cc1. The summed E-state index contributed by atoms with van der Waals surface area (Å²) in [5.41, 5.74) is 3.39. The molecule has 1 unspecified atom stereocenters. The molecule has 0 spiro atoms. The van der Waals surface area contributed by atoms with Crippen LogP contribution in [0.5, 0.6) is 5.75 Å². The lowest BCUT2D eigenvalue weighted by Gasteiger charge is -2.44. The summed E-state index contributed by atoms with van der Waals surface area (Å²) in [6, 6.07) is 15.1. The van der Waals surface area contributed by atoms with Crippen molar-refractivity contribution in [2.75, 3.05) is 24.5 Å². The monoisotopic (exact) mass is 496 g/mol. The molecule has 1 atom stereocenters. The summed E-state index contributed by atoms with van der Waals surface area (Å²) in [7, 11) is 0. The van der Waals surface area contributed by atoms with Crippen molar-refractivity contribution in [3.05, 3.63) is 94.0 Å². The van der Waals surface area contributed by atoms with E-state index < -0.39 is 18.0 Å². The van der Waals surface area contributed by atoms with E-state index in [0.29, 0.717) is 36.8 Å². The Labute approximate surface area is 199 Å². The molecule has 0 amide bonds. The molecule has 1 fully saturated rings. The summed E-state index contributed by atoms with van der Waals surface area (Å²) in [4.78, 5) is 4.30. The van der Waals surface area contributed by atoms with Gasteiger partial charge in [0.1, 0.15) is 5.75 Å². The number of anilines is 1. The van der Waals surface area contributed by atoms with E-state index in [-0.39, 0.29) is 11.8 Å². The summed E-state index contributed by atoms with van der Waals surface area (Å²) in [6.45, 7) is 4.17. The van der Waals surface area contributed by atoms with Crippen LogP contribution in [0.15, 0.2) is 60.7 Å². The van der Waals surface area contributed by atoms with E-state index in [0.717, 1.165) is 22.9 Å². The lowest BCUT2D eigenvalue weighted by Crippen LogP contribution is -2.48. The van der Waals surface area contributed by atoms with Crippen LogP contribution in [0.2, 0.25) is 5.02 Å². The molecule has 0 bridgehead atoms. The summed E-state index contributed by atoms with van der Waals surface area (Å²) >= 11 is 6.13. The average Bonchev–Trinajstić information content (AvgIpc) is 2.76. The second kappa shape index (κ2) is 9.80. The minimum absolute atomic E-state index is 0.196. The highest BCUT2D eigenvalue weighted by Crippen LogP contribution is 2.35. The van der Waals surface area contributed by atoms with Crippen molar-refractivity contribution in [3.63, 3.8) is 0 Å². The number of nitrogens with zero attached hydrogens (tertiary/aromatic N) is 2. The molecule has 1 aliphatic rings. The van der Waals surface area contributed by atoms with E-state index in [9.17, 15) is 22.0 Å². The van der Waals surface area contributed by atoms with Gasteiger partial charge in [0.25, 0.3) is 0 Å². The molecule has 1 aliphatic heterocycles. The van der Waals surface area contributed by atoms with Crippen LogP contribution in [0, 0.1) is 18.6 Å². The standard InChI is InChI=1S/C25H22ClF5N2O/c1-16-12-19(26)5-9-23(16)33-11-10-32(14-17-2-8-21(27)22(28)13-17)15-24(33)18-3-6-20(7-4-18)34-25(29,30)31/h2-9,12-13,24H,10-11,14-15H2,1H3. The molecule has 3 aromatic carbocycles. The maximum atomic E-state index is 13.7. The molecule has 0 saturated carbocycles. The first-order chi connectivity index (χ1) is 16.1. The Morgan fingerprint density at radius 2 is 1.68 bits per heavy atom. The quantitative estimate of drug-likeness (QED) is 0.358. The lowest BCUT2D eigenvalue weighted by molar-refractivity contribution is -0.274. The first-order valence-electron chi connectivity index (χ1n) is 10.6. The lowest BCUT2D eigenvalue weighted by atomic mass is 9.99. The zero-order chi connectivity index (χ0) is 24.5. The van der Waals surface area contributed by atoms with Crippen LogP contribution in [-0.2, 0) is 6.54 Å². The van der Waals surface area contributed by atoms with Crippen LogP contribution in [0.3, 0.4) is 0 Å². The van der Waals surface area contributed by atoms with Gasteiger partial charge < -0.3 is 9.64 Å². The molecule has 4 rings (SSSR count). The van der Waals surface area contributed by atoms with Crippen LogP contribution in [0.25, 0.3) is 0 Å². The Morgan fingerprint density at radius 1 is 0.941 bits per heavy atom. The molecule has 0 N–H and O–H groups in total. The third kappa shape index (κ3) is 5.80. The summed E-state index contributed by atoms with van der Waals surface area (Å²) in [5.74, 6) is -2.09. The first-order valence-corrected chi connectivity index (χ1v) is 11.0. The molecule has 9 heteroatoms. The third-order valence-electron chi connectivity index (χ3n) is 5.82. The van der Waals surface area contributed by atoms with Gasteiger partial charge in [-0.15, -0.1) is 13.2 Å². The second-order valence-electron chi connectivity index (χ2n) is 8.24. The Kier molecular flexibility index (Phi) is 7.00. The van der Waals surface area contributed by atoms with Gasteiger partial charge in [0.2, 0.25) is 0 Å². The fourth-order valence-electron chi connectivity index (χ4n) is 4.29. The molecule has 180 valence electrons. The van der Waals surface area contributed by atoms with Crippen LogP contribution in [-0.4, -0.2) is 30.9 Å². The number of ether oxygens (including phenoxy) is 1. The normalized spacial score (nSPS) is 17.1. The van der Waals surface area contributed by atoms with Gasteiger partial charge in [-0.2, -0.15) is 0 Å². The van der Waals surface area contributed by atoms with Crippen molar-refractivity contribution in [2.45, 2.75) is 25.9 Å². The van der Waals surface area contributed by atoms with E-state index in [1.54, 1.807) is 24.3 Å². The predicted molar refractivity (Wildman–Crippen MR) is 121 cm³/mol. The topological polar surface area (TPSA) is 15.7 Å². The van der Waals surface area contributed by atoms with Crippen molar-refractivity contribution in [3.8, 4) is 5.75 Å². The van der Waals surface area contributed by atoms with Crippen LogP contribution >= 0.6 is 11.6 Å². The second-order valence-corrected chi connectivity index (χ2v) is 8.68. The highest BCUT2D eigenvalue weighted by atomic mass is 35.5. The van der Waals surface area contributed by atoms with Gasteiger partial charge in [-0.05, 0) is 66.1 Å². The number of alkyl halides is 3. The zero-order valence-electron chi connectivity index (χ0n) is 18.2. The van der Waals surface area contributed by atoms with E-state index in [2.05, 4.69) is 14.5 Å². The Balaban J connectivity index is 1.61. The van der Waals surface area contributed by atoms with Crippen molar-refractivity contribution in [1.29, 1.82) is 0 Å². The summed E-state index contributed by atoms with van der Waals surface area (Å²) in [6.07, 6.45) is -4.76. The largest absolute Gasteiger partial charge is 0.573 e. The minimum Gasteiger partial charge on any atom is -0.406 e. The molecule has 1 saturated heterocycles. The summed E-state index contributed by atoms with van der Waals surface area (Å²) < 4.78 is 68.7. The number of hydrogen-bond acceptors (Lipinski definition) is 3. The molecule has 34 heavy (non-hydrogen) atoms. The predicted octanol–water partition coefficient (Wildman–Crippen LogP) is 6.89. The fraction of sp³-hybridized carbons (Fsp3) is 0.280. The fourth-order valence-corrected chi connectivity index (χ4v) is 4.51. The van der Waals surface area contributed by atoms with Crippen molar-refractivity contribution < 1.29 is 26.7 Å². The molecular formula is C25H22ClF5N2O. The number of halogens is 6. The van der Waals surface area contributed by atoms with E-state index in [1.807, 2.05) is 19.1 Å². The summed E-state index contributed by atoms with van der Waals surface area (Å²) in [5, 5.41) is 0.614. The molecule has 0 aliphatic carbocycles. The number of piperazine rings is 1. The average molecular weight is 497 g/mol. The first kappa shape index (κ1) is 24.3.